The summed E-state index contributed by atoms with van der Waals surface area (Å²) < 4.78 is 16.1. The number of hydrogen-bond acceptors (Lipinski definition) is 6. The lowest BCUT2D eigenvalue weighted by Crippen LogP contribution is -2.13. The summed E-state index contributed by atoms with van der Waals surface area (Å²) in [6.45, 7) is 0. The molecule has 2 aromatic carbocycles. The van der Waals surface area contributed by atoms with Gasteiger partial charge < -0.3 is 19.9 Å². The molecule has 3 aromatic rings. The van der Waals surface area contributed by atoms with Gasteiger partial charge in [0.1, 0.15) is 5.82 Å². The highest BCUT2D eigenvalue weighted by Crippen LogP contribution is 2.40. The summed E-state index contributed by atoms with van der Waals surface area (Å²) >= 11 is 5.92. The fourth-order valence-electron chi connectivity index (χ4n) is 2.58. The van der Waals surface area contributed by atoms with Crippen molar-refractivity contribution in [2.45, 2.75) is 6.04 Å². The lowest BCUT2D eigenvalue weighted by Gasteiger charge is -2.13. The third-order valence-electron chi connectivity index (χ3n) is 3.95. The number of nitrogens with one attached hydrogen (secondary N) is 1. The van der Waals surface area contributed by atoms with Crippen LogP contribution >= 0.6 is 11.6 Å². The molecule has 26 heavy (non-hydrogen) atoms. The van der Waals surface area contributed by atoms with Gasteiger partial charge in [0.25, 0.3) is 0 Å². The Morgan fingerprint density at radius 2 is 1.62 bits per heavy atom. The minimum Gasteiger partial charge on any atom is -0.493 e. The van der Waals surface area contributed by atoms with Crippen LogP contribution in [0.1, 0.15) is 17.4 Å². The Morgan fingerprint density at radius 1 is 1.00 bits per heavy atom. The predicted octanol–water partition coefficient (Wildman–Crippen LogP) is 3.20. The predicted molar refractivity (Wildman–Crippen MR) is 99.0 cm³/mol. The van der Waals surface area contributed by atoms with Crippen LogP contribution < -0.4 is 19.9 Å². The van der Waals surface area contributed by atoms with Crippen molar-refractivity contribution in [3.05, 3.63) is 52.8 Å². The largest absolute Gasteiger partial charge is 0.493 e. The van der Waals surface area contributed by atoms with Gasteiger partial charge in [-0.3, -0.25) is 5.10 Å². The molecule has 0 amide bonds. The molecule has 8 heteroatoms. The van der Waals surface area contributed by atoms with E-state index in [0.29, 0.717) is 39.5 Å². The van der Waals surface area contributed by atoms with Crippen molar-refractivity contribution in [1.82, 2.24) is 15.2 Å². The van der Waals surface area contributed by atoms with Crippen molar-refractivity contribution in [2.24, 2.45) is 5.73 Å². The zero-order chi connectivity index (χ0) is 18.7. The second-order valence-electron chi connectivity index (χ2n) is 5.49. The molecule has 136 valence electrons. The van der Waals surface area contributed by atoms with E-state index in [1.165, 1.54) is 0 Å². The number of aromatic amines is 1. The Balaban J connectivity index is 1.95. The Hall–Kier alpha value is -2.77. The molecule has 0 bridgehead atoms. The van der Waals surface area contributed by atoms with Crippen molar-refractivity contribution in [3.8, 4) is 28.6 Å². The topological polar surface area (TPSA) is 95.3 Å². The molecule has 0 radical (unpaired) electrons. The van der Waals surface area contributed by atoms with Crippen molar-refractivity contribution in [1.29, 1.82) is 0 Å². The number of nitrogens with two attached hydrogens (primary N) is 1. The van der Waals surface area contributed by atoms with E-state index in [1.807, 2.05) is 12.1 Å². The summed E-state index contributed by atoms with van der Waals surface area (Å²) in [5.41, 5.74) is 7.86. The highest BCUT2D eigenvalue weighted by atomic mass is 35.5. The van der Waals surface area contributed by atoms with E-state index in [0.717, 1.165) is 5.56 Å². The third kappa shape index (κ3) is 3.44. The van der Waals surface area contributed by atoms with E-state index < -0.39 is 6.04 Å². The fourth-order valence-corrected chi connectivity index (χ4v) is 2.71. The summed E-state index contributed by atoms with van der Waals surface area (Å²) in [7, 11) is 4.66. The smallest absolute Gasteiger partial charge is 0.203 e. The second kappa shape index (κ2) is 7.63. The van der Waals surface area contributed by atoms with Gasteiger partial charge in [0, 0.05) is 10.6 Å². The van der Waals surface area contributed by atoms with E-state index >= 15 is 0 Å². The molecule has 3 rings (SSSR count). The van der Waals surface area contributed by atoms with E-state index in [9.17, 15) is 0 Å². The maximum atomic E-state index is 6.27. The van der Waals surface area contributed by atoms with Gasteiger partial charge in [-0.2, -0.15) is 5.10 Å². The Kier molecular flexibility index (Phi) is 5.29. The van der Waals surface area contributed by atoms with E-state index in [1.54, 1.807) is 45.6 Å². The van der Waals surface area contributed by atoms with Gasteiger partial charge in [0.05, 0.1) is 27.4 Å². The van der Waals surface area contributed by atoms with E-state index in [2.05, 4.69) is 15.2 Å². The molecule has 0 aliphatic carbocycles. The fraction of sp³-hybridized carbons (Fsp3) is 0.222. The number of hydrogen-bond donors (Lipinski definition) is 2. The second-order valence-corrected chi connectivity index (χ2v) is 5.92. The minimum absolute atomic E-state index is 0.449. The normalized spacial score (nSPS) is 11.9. The van der Waals surface area contributed by atoms with Crippen molar-refractivity contribution in [2.75, 3.05) is 21.3 Å². The third-order valence-corrected chi connectivity index (χ3v) is 4.20. The van der Waals surface area contributed by atoms with Crippen LogP contribution in [0.4, 0.5) is 0 Å². The monoisotopic (exact) mass is 374 g/mol. The first kappa shape index (κ1) is 18.0. The molecule has 1 aromatic heterocycles. The van der Waals surface area contributed by atoms with E-state index in [-0.39, 0.29) is 0 Å². The summed E-state index contributed by atoms with van der Waals surface area (Å²) in [5, 5.41) is 7.80. The number of aromatic nitrogens is 3. The quantitative estimate of drug-likeness (QED) is 0.688. The Bertz CT molecular complexity index is 871. The summed E-state index contributed by atoms with van der Waals surface area (Å²) in [5.74, 6) is 2.57. The maximum Gasteiger partial charge on any atom is 0.203 e. The lowest BCUT2D eigenvalue weighted by molar-refractivity contribution is 0.324. The minimum atomic E-state index is -0.449. The van der Waals surface area contributed by atoms with E-state index in [4.69, 9.17) is 31.5 Å². The standard InChI is InChI=1S/C18H19ClN4O3/c1-24-13-8-11(9-14(25-2)16(13)26-3)17-21-18(23-22-17)15(20)10-4-6-12(19)7-5-10/h4-9,15H,20H2,1-3H3,(H,21,22,23)/t15-/m1/s1. The van der Waals surface area contributed by atoms with Crippen LogP contribution in [0.25, 0.3) is 11.4 Å². The molecule has 0 aliphatic heterocycles. The van der Waals surface area contributed by atoms with Crippen LogP contribution in [-0.2, 0) is 0 Å². The van der Waals surface area contributed by atoms with Crippen LogP contribution in [-0.4, -0.2) is 36.5 Å². The average Bonchev–Trinajstić information content (AvgIpc) is 3.17. The van der Waals surface area contributed by atoms with Crippen LogP contribution in [0.2, 0.25) is 5.02 Å². The molecule has 3 N–H and O–H groups in total. The van der Waals surface area contributed by atoms with Crippen molar-refractivity contribution in [3.63, 3.8) is 0 Å². The van der Waals surface area contributed by atoms with Gasteiger partial charge in [-0.25, -0.2) is 4.98 Å². The average molecular weight is 375 g/mol. The van der Waals surface area contributed by atoms with Crippen molar-refractivity contribution >= 4 is 11.6 Å². The summed E-state index contributed by atoms with van der Waals surface area (Å²) in [6.07, 6.45) is 0. The Labute approximate surface area is 156 Å². The molecule has 7 nitrogen and oxygen atoms in total. The number of H-pyrrole nitrogens is 1. The SMILES string of the molecule is COc1cc(-c2n[nH]c([C@H](N)c3ccc(Cl)cc3)n2)cc(OC)c1OC. The Morgan fingerprint density at radius 3 is 2.15 bits per heavy atom. The molecular weight excluding hydrogens is 356 g/mol. The van der Waals surface area contributed by atoms with Gasteiger partial charge in [0.2, 0.25) is 5.75 Å². The molecule has 1 atom stereocenters. The van der Waals surface area contributed by atoms with Gasteiger partial charge in [0.15, 0.2) is 17.3 Å². The summed E-state index contributed by atoms with van der Waals surface area (Å²) in [6, 6.07) is 10.4. The zero-order valence-corrected chi connectivity index (χ0v) is 15.4. The van der Waals surface area contributed by atoms with Crippen LogP contribution in [0.3, 0.4) is 0 Å². The lowest BCUT2D eigenvalue weighted by atomic mass is 10.1. The molecular formula is C18H19ClN4O3. The molecule has 0 saturated heterocycles. The highest BCUT2D eigenvalue weighted by molar-refractivity contribution is 6.30. The first-order valence-electron chi connectivity index (χ1n) is 7.81. The number of benzene rings is 2. The van der Waals surface area contributed by atoms with Gasteiger partial charge >= 0.3 is 0 Å². The van der Waals surface area contributed by atoms with Crippen LogP contribution in [0.5, 0.6) is 17.2 Å². The van der Waals surface area contributed by atoms with Gasteiger partial charge in [-0.15, -0.1) is 0 Å². The first-order valence-corrected chi connectivity index (χ1v) is 8.19. The first-order chi connectivity index (χ1) is 12.6. The molecule has 1 heterocycles. The molecule has 0 spiro atoms. The zero-order valence-electron chi connectivity index (χ0n) is 14.6. The summed E-state index contributed by atoms with van der Waals surface area (Å²) in [4.78, 5) is 4.51. The number of halogens is 1. The van der Waals surface area contributed by atoms with Crippen molar-refractivity contribution < 1.29 is 14.2 Å². The van der Waals surface area contributed by atoms with Crippen LogP contribution in [0.15, 0.2) is 36.4 Å². The number of nitrogens with zero attached hydrogens (tertiary/aromatic N) is 2. The number of methoxy groups -OCH3 is 3. The highest BCUT2D eigenvalue weighted by Gasteiger charge is 2.18. The maximum absolute atomic E-state index is 6.27. The molecule has 0 aliphatic rings. The number of rotatable bonds is 6. The van der Waals surface area contributed by atoms with Gasteiger partial charge in [-0.1, -0.05) is 23.7 Å². The molecule has 0 saturated carbocycles. The van der Waals surface area contributed by atoms with Crippen LogP contribution in [0, 0.1) is 0 Å². The molecule has 0 fully saturated rings. The number of ether oxygens (including phenoxy) is 3. The van der Waals surface area contributed by atoms with Gasteiger partial charge in [-0.05, 0) is 29.8 Å². The molecule has 0 unspecified atom stereocenters.